The van der Waals surface area contributed by atoms with Gasteiger partial charge in [0.25, 0.3) is 5.69 Å². The molecule has 0 saturated carbocycles. The molecule has 0 aromatic heterocycles. The van der Waals surface area contributed by atoms with Gasteiger partial charge in [0.1, 0.15) is 0 Å². The van der Waals surface area contributed by atoms with E-state index in [1.54, 1.807) is 48.5 Å². The summed E-state index contributed by atoms with van der Waals surface area (Å²) in [5.41, 5.74) is -0.606. The van der Waals surface area contributed by atoms with Crippen LogP contribution in [0.1, 0.15) is 41.4 Å². The van der Waals surface area contributed by atoms with Crippen molar-refractivity contribution in [1.29, 1.82) is 0 Å². The van der Waals surface area contributed by atoms with E-state index in [2.05, 4.69) is 0 Å². The highest BCUT2D eigenvalue weighted by Gasteiger charge is 2.24. The SMILES string of the molecule is O=C(COC(=O)c1ccc([N+](=O)[O-])cc1C(=O)OCC(=O)c1cccc(I)c1)c1cccc(I)c1. The molecule has 3 rings (SSSR count). The third-order valence-corrected chi connectivity index (χ3v) is 5.96. The quantitative estimate of drug-likeness (QED) is 0.102. The molecule has 0 heterocycles. The van der Waals surface area contributed by atoms with Crippen molar-refractivity contribution in [2.24, 2.45) is 0 Å². The summed E-state index contributed by atoms with van der Waals surface area (Å²) in [4.78, 5) is 60.4. The van der Waals surface area contributed by atoms with E-state index >= 15 is 0 Å². The van der Waals surface area contributed by atoms with Gasteiger partial charge in [0, 0.05) is 30.4 Å². The smallest absolute Gasteiger partial charge is 0.339 e. The average Bonchev–Trinajstić information content (AvgIpc) is 2.84. The van der Waals surface area contributed by atoms with Gasteiger partial charge in [-0.25, -0.2) is 9.59 Å². The highest BCUT2D eigenvalue weighted by atomic mass is 127. The van der Waals surface area contributed by atoms with Gasteiger partial charge in [-0.1, -0.05) is 24.3 Å². The van der Waals surface area contributed by atoms with E-state index in [0.29, 0.717) is 11.1 Å². The molecule has 11 heteroatoms. The van der Waals surface area contributed by atoms with Gasteiger partial charge in [-0.15, -0.1) is 0 Å². The van der Waals surface area contributed by atoms with Crippen LogP contribution in [0.2, 0.25) is 0 Å². The summed E-state index contributed by atoms with van der Waals surface area (Å²) in [5.74, 6) is -3.13. The molecule has 3 aromatic rings. The van der Waals surface area contributed by atoms with Crippen LogP contribution in [-0.4, -0.2) is 41.6 Å². The summed E-state index contributed by atoms with van der Waals surface area (Å²) in [5, 5.41) is 11.2. The minimum Gasteiger partial charge on any atom is -0.454 e. The van der Waals surface area contributed by atoms with Crippen LogP contribution in [0, 0.1) is 17.3 Å². The van der Waals surface area contributed by atoms with E-state index in [4.69, 9.17) is 9.47 Å². The molecule has 0 aliphatic carbocycles. The summed E-state index contributed by atoms with van der Waals surface area (Å²) in [6.45, 7) is -1.24. The Morgan fingerprint density at radius 1 is 0.714 bits per heavy atom. The van der Waals surface area contributed by atoms with Gasteiger partial charge in [0.15, 0.2) is 24.8 Å². The fourth-order valence-corrected chi connectivity index (χ4v) is 3.99. The highest BCUT2D eigenvalue weighted by molar-refractivity contribution is 14.1. The molecule has 0 spiro atoms. The van der Waals surface area contributed by atoms with Crippen molar-refractivity contribution in [1.82, 2.24) is 0 Å². The number of carbonyl (C=O) groups is 4. The lowest BCUT2D eigenvalue weighted by Gasteiger charge is -2.10. The first kappa shape index (κ1) is 26.4. The zero-order chi connectivity index (χ0) is 25.5. The van der Waals surface area contributed by atoms with Crippen LogP contribution in [0.25, 0.3) is 0 Å². The van der Waals surface area contributed by atoms with Crippen LogP contribution in [0.3, 0.4) is 0 Å². The van der Waals surface area contributed by atoms with Crippen molar-refractivity contribution in [3.05, 3.63) is 106 Å². The van der Waals surface area contributed by atoms with Gasteiger partial charge in [-0.2, -0.15) is 0 Å². The molecule has 0 N–H and O–H groups in total. The number of hydrogen-bond acceptors (Lipinski definition) is 8. The summed E-state index contributed by atoms with van der Waals surface area (Å²) in [6.07, 6.45) is 0. The Labute approximate surface area is 226 Å². The van der Waals surface area contributed by atoms with Gasteiger partial charge >= 0.3 is 11.9 Å². The van der Waals surface area contributed by atoms with Gasteiger partial charge in [-0.05, 0) is 75.5 Å². The zero-order valence-electron chi connectivity index (χ0n) is 17.7. The molecule has 0 aliphatic heterocycles. The Kier molecular flexibility index (Phi) is 9.03. The first-order valence-corrected chi connectivity index (χ1v) is 12.0. The fraction of sp³-hybridized carbons (Fsp3) is 0.0833. The molecule has 178 valence electrons. The molecular weight excluding hydrogens is 684 g/mol. The number of nitro benzene ring substituents is 1. The van der Waals surface area contributed by atoms with E-state index in [0.717, 1.165) is 25.3 Å². The Hall–Kier alpha value is -3.20. The van der Waals surface area contributed by atoms with Gasteiger partial charge < -0.3 is 9.47 Å². The average molecular weight is 699 g/mol. The number of ketones is 2. The van der Waals surface area contributed by atoms with Crippen molar-refractivity contribution < 1.29 is 33.6 Å². The molecule has 0 bridgehead atoms. The zero-order valence-corrected chi connectivity index (χ0v) is 22.0. The Bertz CT molecular complexity index is 1340. The minimum absolute atomic E-state index is 0.317. The first-order valence-electron chi connectivity index (χ1n) is 9.86. The lowest BCUT2D eigenvalue weighted by Crippen LogP contribution is -2.20. The third kappa shape index (κ3) is 7.14. The fourth-order valence-electron chi connectivity index (χ4n) is 2.90. The molecule has 0 atom stereocenters. The largest absolute Gasteiger partial charge is 0.454 e. The summed E-state index contributed by atoms with van der Waals surface area (Å²) < 4.78 is 11.7. The van der Waals surface area contributed by atoms with Crippen LogP contribution in [0.4, 0.5) is 5.69 Å². The maximum Gasteiger partial charge on any atom is 0.339 e. The number of esters is 2. The van der Waals surface area contributed by atoms with E-state index in [-0.39, 0.29) is 5.56 Å². The van der Waals surface area contributed by atoms with E-state index in [9.17, 15) is 29.3 Å². The number of non-ortho nitro benzene ring substituents is 1. The number of nitrogens with zero attached hydrogens (tertiary/aromatic N) is 1. The van der Waals surface area contributed by atoms with Crippen molar-refractivity contribution in [2.45, 2.75) is 0 Å². The number of benzene rings is 3. The molecular formula is C24H15I2NO8. The number of rotatable bonds is 9. The summed E-state index contributed by atoms with van der Waals surface area (Å²) >= 11 is 4.07. The Balaban J connectivity index is 1.76. The summed E-state index contributed by atoms with van der Waals surface area (Å²) in [6, 6.07) is 16.2. The van der Waals surface area contributed by atoms with E-state index in [1.807, 2.05) is 45.2 Å². The Morgan fingerprint density at radius 3 is 1.66 bits per heavy atom. The van der Waals surface area contributed by atoms with Gasteiger partial charge in [0.2, 0.25) is 0 Å². The maximum atomic E-state index is 12.7. The number of halogens is 2. The van der Waals surface area contributed by atoms with Crippen molar-refractivity contribution >= 4 is 74.4 Å². The number of hydrogen-bond donors (Lipinski definition) is 0. The predicted molar refractivity (Wildman–Crippen MR) is 141 cm³/mol. The molecule has 35 heavy (non-hydrogen) atoms. The standard InChI is InChI=1S/C24H15I2NO8/c25-16-5-1-3-14(9-16)21(28)12-34-23(30)19-8-7-18(27(32)33)11-20(19)24(31)35-13-22(29)15-4-2-6-17(26)10-15/h1-11H,12-13H2. The summed E-state index contributed by atoms with van der Waals surface area (Å²) in [7, 11) is 0. The van der Waals surface area contributed by atoms with Crippen molar-refractivity contribution in [3.63, 3.8) is 0 Å². The van der Waals surface area contributed by atoms with Crippen LogP contribution in [0.5, 0.6) is 0 Å². The first-order chi connectivity index (χ1) is 16.7. The van der Waals surface area contributed by atoms with E-state index < -0.39 is 52.9 Å². The van der Waals surface area contributed by atoms with Crippen molar-refractivity contribution in [3.8, 4) is 0 Å². The highest BCUT2D eigenvalue weighted by Crippen LogP contribution is 2.21. The molecule has 3 aromatic carbocycles. The monoisotopic (exact) mass is 699 g/mol. The molecule has 0 saturated heterocycles. The molecule has 0 unspecified atom stereocenters. The number of nitro groups is 1. The number of ether oxygens (including phenoxy) is 2. The van der Waals surface area contributed by atoms with Crippen molar-refractivity contribution in [2.75, 3.05) is 13.2 Å². The Morgan fingerprint density at radius 2 is 1.20 bits per heavy atom. The lowest BCUT2D eigenvalue weighted by atomic mass is 10.1. The molecule has 9 nitrogen and oxygen atoms in total. The second kappa shape index (κ2) is 12.0. The second-order valence-electron chi connectivity index (χ2n) is 7.01. The van der Waals surface area contributed by atoms with E-state index in [1.165, 1.54) is 0 Å². The minimum atomic E-state index is -1.12. The third-order valence-electron chi connectivity index (χ3n) is 4.62. The molecule has 0 aliphatic rings. The maximum absolute atomic E-state index is 12.7. The van der Waals surface area contributed by atoms with Crippen LogP contribution >= 0.6 is 45.2 Å². The van der Waals surface area contributed by atoms with Crippen LogP contribution in [0.15, 0.2) is 66.7 Å². The van der Waals surface area contributed by atoms with Gasteiger partial charge in [-0.3, -0.25) is 19.7 Å². The number of Topliss-reactive ketones (excluding diaryl/α,β-unsaturated/α-hetero) is 2. The lowest BCUT2D eigenvalue weighted by molar-refractivity contribution is -0.384. The van der Waals surface area contributed by atoms with Crippen LogP contribution in [-0.2, 0) is 9.47 Å². The normalized spacial score (nSPS) is 10.3. The number of carbonyl (C=O) groups excluding carboxylic acids is 4. The molecule has 0 fully saturated rings. The van der Waals surface area contributed by atoms with Crippen LogP contribution < -0.4 is 0 Å². The molecule has 0 amide bonds. The topological polar surface area (TPSA) is 130 Å². The van der Waals surface area contributed by atoms with Gasteiger partial charge in [0.05, 0.1) is 16.1 Å². The predicted octanol–water partition coefficient (Wildman–Crippen LogP) is 4.88. The second-order valence-corrected chi connectivity index (χ2v) is 9.50. The molecule has 0 radical (unpaired) electrons.